The molecule has 0 N–H and O–H groups in total. The predicted octanol–water partition coefficient (Wildman–Crippen LogP) is 3.03. The van der Waals surface area contributed by atoms with Crippen LogP contribution in [-0.2, 0) is 14.3 Å². The highest BCUT2D eigenvalue weighted by molar-refractivity contribution is 5.77. The Hall–Kier alpha value is -0.570. The maximum absolute atomic E-state index is 12.3. The average Bonchev–Trinajstić information content (AvgIpc) is 2.83. The molecule has 0 bridgehead atoms. The van der Waals surface area contributed by atoms with E-state index in [9.17, 15) is 4.79 Å². The number of rotatable bonds is 6. The van der Waals surface area contributed by atoms with Gasteiger partial charge in [-0.2, -0.15) is 0 Å². The summed E-state index contributed by atoms with van der Waals surface area (Å²) in [4.78, 5) is 12.3. The lowest BCUT2D eigenvalue weighted by Gasteiger charge is -2.39. The highest BCUT2D eigenvalue weighted by atomic mass is 16.5. The topological polar surface area (TPSA) is 35.5 Å². The van der Waals surface area contributed by atoms with Crippen LogP contribution in [0.4, 0.5) is 0 Å². The minimum Gasteiger partial charge on any atom is -0.469 e. The summed E-state index contributed by atoms with van der Waals surface area (Å²) in [5.41, 5.74) is -0.443. The van der Waals surface area contributed by atoms with Gasteiger partial charge in [0.25, 0.3) is 0 Å². The Bertz CT molecular complexity index is 244. The van der Waals surface area contributed by atoms with Crippen molar-refractivity contribution in [2.24, 2.45) is 17.3 Å². The highest BCUT2D eigenvalue weighted by Crippen LogP contribution is 2.46. The van der Waals surface area contributed by atoms with Gasteiger partial charge >= 0.3 is 5.97 Å². The zero-order valence-corrected chi connectivity index (χ0v) is 11.6. The van der Waals surface area contributed by atoms with Gasteiger partial charge in [0.05, 0.1) is 19.1 Å². The SMILES string of the molecule is CCOCC(C(=O)OC)(C(C)C)C1CCCC1. The van der Waals surface area contributed by atoms with Crippen LogP contribution in [-0.4, -0.2) is 26.3 Å². The molecule has 1 aliphatic carbocycles. The van der Waals surface area contributed by atoms with Gasteiger partial charge in [0.1, 0.15) is 0 Å². The molecule has 0 aliphatic heterocycles. The molecule has 3 nitrogen and oxygen atoms in total. The van der Waals surface area contributed by atoms with Gasteiger partial charge in [0.2, 0.25) is 0 Å². The highest BCUT2D eigenvalue weighted by Gasteiger charge is 2.50. The summed E-state index contributed by atoms with van der Waals surface area (Å²) in [6.45, 7) is 7.33. The third kappa shape index (κ3) is 2.82. The fraction of sp³-hybridized carbons (Fsp3) is 0.929. The standard InChI is InChI=1S/C14H26O3/c1-5-17-10-14(11(2)3,13(15)16-4)12-8-6-7-9-12/h11-12H,5-10H2,1-4H3. The van der Waals surface area contributed by atoms with Gasteiger partial charge in [-0.1, -0.05) is 26.7 Å². The van der Waals surface area contributed by atoms with E-state index < -0.39 is 5.41 Å². The monoisotopic (exact) mass is 242 g/mol. The molecule has 17 heavy (non-hydrogen) atoms. The molecule has 0 spiro atoms. The van der Waals surface area contributed by atoms with Crippen molar-refractivity contribution in [3.8, 4) is 0 Å². The van der Waals surface area contributed by atoms with Gasteiger partial charge in [-0.25, -0.2) is 0 Å². The Labute approximate surface area is 105 Å². The maximum atomic E-state index is 12.3. The molecular weight excluding hydrogens is 216 g/mol. The number of carbonyl (C=O) groups excluding carboxylic acids is 1. The summed E-state index contributed by atoms with van der Waals surface area (Å²) >= 11 is 0. The Morgan fingerprint density at radius 2 is 1.94 bits per heavy atom. The third-order valence-corrected chi connectivity index (χ3v) is 4.22. The zero-order chi connectivity index (χ0) is 12.9. The minimum atomic E-state index is -0.443. The molecule has 1 saturated carbocycles. The van der Waals surface area contributed by atoms with Crippen molar-refractivity contribution in [3.63, 3.8) is 0 Å². The van der Waals surface area contributed by atoms with Crippen LogP contribution in [0.15, 0.2) is 0 Å². The Morgan fingerprint density at radius 1 is 1.35 bits per heavy atom. The van der Waals surface area contributed by atoms with E-state index in [0.717, 1.165) is 12.8 Å². The second-order valence-corrected chi connectivity index (χ2v) is 5.31. The Balaban J connectivity index is 2.96. The Morgan fingerprint density at radius 3 is 2.35 bits per heavy atom. The quantitative estimate of drug-likeness (QED) is 0.672. The van der Waals surface area contributed by atoms with Crippen LogP contribution in [0.3, 0.4) is 0 Å². The van der Waals surface area contributed by atoms with Crippen LogP contribution >= 0.6 is 0 Å². The second-order valence-electron chi connectivity index (χ2n) is 5.31. The molecule has 0 amide bonds. The molecular formula is C14H26O3. The molecule has 1 unspecified atom stereocenters. The number of ether oxygens (including phenoxy) is 2. The first-order chi connectivity index (χ1) is 8.09. The van der Waals surface area contributed by atoms with Gasteiger partial charge in [-0.05, 0) is 31.6 Å². The fourth-order valence-electron chi connectivity index (χ4n) is 3.12. The molecule has 0 radical (unpaired) electrons. The molecule has 1 atom stereocenters. The van der Waals surface area contributed by atoms with Crippen molar-refractivity contribution in [2.75, 3.05) is 20.3 Å². The van der Waals surface area contributed by atoms with E-state index in [1.54, 1.807) is 0 Å². The molecule has 3 heteroatoms. The first-order valence-electron chi connectivity index (χ1n) is 6.75. The van der Waals surface area contributed by atoms with Crippen LogP contribution in [0.1, 0.15) is 46.5 Å². The van der Waals surface area contributed by atoms with E-state index in [-0.39, 0.29) is 11.9 Å². The van der Waals surface area contributed by atoms with Crippen LogP contribution in [0.25, 0.3) is 0 Å². The van der Waals surface area contributed by atoms with E-state index in [1.807, 2.05) is 6.92 Å². The summed E-state index contributed by atoms with van der Waals surface area (Å²) in [6.07, 6.45) is 4.70. The number of hydrogen-bond acceptors (Lipinski definition) is 3. The summed E-state index contributed by atoms with van der Waals surface area (Å²) in [5, 5.41) is 0. The van der Waals surface area contributed by atoms with Crippen molar-refractivity contribution in [1.82, 2.24) is 0 Å². The van der Waals surface area contributed by atoms with Crippen molar-refractivity contribution in [1.29, 1.82) is 0 Å². The average molecular weight is 242 g/mol. The van der Waals surface area contributed by atoms with Gasteiger partial charge in [-0.15, -0.1) is 0 Å². The van der Waals surface area contributed by atoms with Crippen molar-refractivity contribution in [3.05, 3.63) is 0 Å². The normalized spacial score (nSPS) is 20.5. The fourth-order valence-corrected chi connectivity index (χ4v) is 3.12. The van der Waals surface area contributed by atoms with Crippen molar-refractivity contribution in [2.45, 2.75) is 46.5 Å². The smallest absolute Gasteiger partial charge is 0.314 e. The van der Waals surface area contributed by atoms with Gasteiger partial charge in [0, 0.05) is 6.61 Å². The van der Waals surface area contributed by atoms with Crippen LogP contribution in [0.5, 0.6) is 0 Å². The van der Waals surface area contributed by atoms with E-state index >= 15 is 0 Å². The first kappa shape index (κ1) is 14.5. The molecule has 0 saturated heterocycles. The van der Waals surface area contributed by atoms with Crippen LogP contribution < -0.4 is 0 Å². The third-order valence-electron chi connectivity index (χ3n) is 4.22. The van der Waals surface area contributed by atoms with E-state index in [1.165, 1.54) is 20.0 Å². The lowest BCUT2D eigenvalue weighted by Crippen LogP contribution is -2.47. The predicted molar refractivity (Wildman–Crippen MR) is 67.7 cm³/mol. The van der Waals surface area contributed by atoms with E-state index in [0.29, 0.717) is 19.1 Å². The first-order valence-corrected chi connectivity index (χ1v) is 6.75. The Kier molecular flexibility index (Phi) is 5.44. The molecule has 100 valence electrons. The number of methoxy groups -OCH3 is 1. The summed E-state index contributed by atoms with van der Waals surface area (Å²) in [5.74, 6) is 0.582. The zero-order valence-electron chi connectivity index (χ0n) is 11.6. The van der Waals surface area contributed by atoms with E-state index in [2.05, 4.69) is 13.8 Å². The molecule has 1 aliphatic rings. The van der Waals surface area contributed by atoms with Crippen LogP contribution in [0.2, 0.25) is 0 Å². The number of hydrogen-bond donors (Lipinski definition) is 0. The number of carbonyl (C=O) groups is 1. The largest absolute Gasteiger partial charge is 0.469 e. The summed E-state index contributed by atoms with van der Waals surface area (Å²) in [6, 6.07) is 0. The molecule has 0 aromatic carbocycles. The molecule has 1 fully saturated rings. The molecule has 1 rings (SSSR count). The number of esters is 1. The molecule has 0 heterocycles. The van der Waals surface area contributed by atoms with Crippen molar-refractivity contribution < 1.29 is 14.3 Å². The summed E-state index contributed by atoms with van der Waals surface area (Å²) in [7, 11) is 1.49. The van der Waals surface area contributed by atoms with Crippen LogP contribution in [0, 0.1) is 17.3 Å². The second kappa shape index (κ2) is 6.39. The maximum Gasteiger partial charge on any atom is 0.314 e. The van der Waals surface area contributed by atoms with Gasteiger partial charge in [-0.3, -0.25) is 4.79 Å². The van der Waals surface area contributed by atoms with Gasteiger partial charge < -0.3 is 9.47 Å². The van der Waals surface area contributed by atoms with E-state index in [4.69, 9.17) is 9.47 Å². The minimum absolute atomic E-state index is 0.0900. The molecule has 0 aromatic heterocycles. The van der Waals surface area contributed by atoms with Gasteiger partial charge in [0.15, 0.2) is 0 Å². The van der Waals surface area contributed by atoms with Crippen molar-refractivity contribution >= 4 is 5.97 Å². The molecule has 0 aromatic rings. The lowest BCUT2D eigenvalue weighted by atomic mass is 9.67. The lowest BCUT2D eigenvalue weighted by molar-refractivity contribution is -0.166. The summed E-state index contributed by atoms with van der Waals surface area (Å²) < 4.78 is 10.7.